The first kappa shape index (κ1) is 11.3. The first-order valence-corrected chi connectivity index (χ1v) is 6.72. The third kappa shape index (κ3) is 1.72. The van der Waals surface area contributed by atoms with Crippen molar-refractivity contribution in [2.75, 3.05) is 7.11 Å². The number of methoxy groups -OCH3 is 1. The van der Waals surface area contributed by atoms with Crippen LogP contribution in [0.2, 0.25) is 5.15 Å². The molecule has 0 amide bonds. The van der Waals surface area contributed by atoms with Gasteiger partial charge >= 0.3 is 0 Å². The molecule has 0 spiro atoms. The molecule has 3 rings (SSSR count). The second-order valence-electron chi connectivity index (χ2n) is 4.21. The van der Waals surface area contributed by atoms with Crippen LogP contribution in [-0.4, -0.2) is 12.1 Å². The Morgan fingerprint density at radius 3 is 2.88 bits per heavy atom. The number of ether oxygens (including phenoxy) is 1. The molecule has 1 aromatic heterocycles. The van der Waals surface area contributed by atoms with Crippen LogP contribution in [0.25, 0.3) is 10.8 Å². The molecule has 1 aliphatic carbocycles. The molecule has 0 unspecified atom stereocenters. The van der Waals surface area contributed by atoms with Crippen LogP contribution >= 0.6 is 27.5 Å². The van der Waals surface area contributed by atoms with Crippen molar-refractivity contribution in [2.45, 2.75) is 19.3 Å². The summed E-state index contributed by atoms with van der Waals surface area (Å²) in [5, 5.41) is 2.77. The highest BCUT2D eigenvalue weighted by Gasteiger charge is 2.19. The fourth-order valence-corrected chi connectivity index (χ4v) is 3.21. The minimum absolute atomic E-state index is 0.587. The summed E-state index contributed by atoms with van der Waals surface area (Å²) in [6.07, 6.45) is 3.28. The van der Waals surface area contributed by atoms with Crippen molar-refractivity contribution in [1.82, 2.24) is 4.98 Å². The maximum atomic E-state index is 6.24. The summed E-state index contributed by atoms with van der Waals surface area (Å²) >= 11 is 9.72. The van der Waals surface area contributed by atoms with E-state index in [1.165, 1.54) is 10.9 Å². The zero-order valence-corrected chi connectivity index (χ0v) is 11.7. The average Bonchev–Trinajstić information content (AvgIpc) is 2.77. The third-order valence-electron chi connectivity index (χ3n) is 3.26. The predicted octanol–water partition coefficient (Wildman–Crippen LogP) is 4.15. The number of hydrogen-bond donors (Lipinski definition) is 0. The van der Waals surface area contributed by atoms with Gasteiger partial charge in [0.05, 0.1) is 11.6 Å². The molecule has 0 saturated heterocycles. The van der Waals surface area contributed by atoms with Crippen LogP contribution in [0.3, 0.4) is 0 Å². The second-order valence-corrected chi connectivity index (χ2v) is 5.43. The quantitative estimate of drug-likeness (QED) is 0.738. The van der Waals surface area contributed by atoms with Crippen molar-refractivity contribution < 1.29 is 4.74 Å². The van der Waals surface area contributed by atoms with Gasteiger partial charge in [-0.25, -0.2) is 4.98 Å². The standard InChI is InChI=1S/C13H11BrClNO/c1-17-12-6-8-7-3-2-4-11(7)16-13(15)9(8)5-10(12)14/h5-6H,2-4H2,1H3. The Bertz CT molecular complexity index is 612. The van der Waals surface area contributed by atoms with E-state index in [0.717, 1.165) is 40.6 Å². The van der Waals surface area contributed by atoms with Crippen LogP contribution in [0.4, 0.5) is 0 Å². The van der Waals surface area contributed by atoms with Gasteiger partial charge in [-0.2, -0.15) is 0 Å². The molecule has 2 nitrogen and oxygen atoms in total. The number of hydrogen-bond acceptors (Lipinski definition) is 2. The summed E-state index contributed by atoms with van der Waals surface area (Å²) in [7, 11) is 1.68. The molecular weight excluding hydrogens is 302 g/mol. The highest BCUT2D eigenvalue weighted by molar-refractivity contribution is 9.10. The minimum atomic E-state index is 0.587. The van der Waals surface area contributed by atoms with Gasteiger partial charge in [0, 0.05) is 11.1 Å². The lowest BCUT2D eigenvalue weighted by atomic mass is 10.1. The number of nitrogens with zero attached hydrogens (tertiary/aromatic N) is 1. The van der Waals surface area contributed by atoms with Crippen molar-refractivity contribution >= 4 is 38.3 Å². The number of pyridine rings is 1. The van der Waals surface area contributed by atoms with E-state index in [1.807, 2.05) is 6.07 Å². The van der Waals surface area contributed by atoms with E-state index >= 15 is 0 Å². The van der Waals surface area contributed by atoms with Gasteiger partial charge in [-0.3, -0.25) is 0 Å². The summed E-state index contributed by atoms with van der Waals surface area (Å²) in [5.41, 5.74) is 2.47. The molecule has 0 N–H and O–H groups in total. The second kappa shape index (κ2) is 4.14. The molecule has 0 aliphatic heterocycles. The first-order chi connectivity index (χ1) is 8.20. The van der Waals surface area contributed by atoms with Crippen molar-refractivity contribution in [3.05, 3.63) is 33.0 Å². The Hall–Kier alpha value is -0.800. The summed E-state index contributed by atoms with van der Waals surface area (Å²) in [4.78, 5) is 4.48. The fraction of sp³-hybridized carbons (Fsp3) is 0.308. The molecule has 0 radical (unpaired) electrons. The van der Waals surface area contributed by atoms with Crippen LogP contribution in [0.5, 0.6) is 5.75 Å². The van der Waals surface area contributed by atoms with Crippen LogP contribution in [0.1, 0.15) is 17.7 Å². The topological polar surface area (TPSA) is 22.1 Å². The highest BCUT2D eigenvalue weighted by Crippen LogP contribution is 2.38. The maximum Gasteiger partial charge on any atom is 0.137 e. The van der Waals surface area contributed by atoms with E-state index in [4.69, 9.17) is 16.3 Å². The molecule has 2 aromatic rings. The summed E-state index contributed by atoms with van der Waals surface area (Å²) in [6.45, 7) is 0. The van der Waals surface area contributed by atoms with E-state index in [9.17, 15) is 0 Å². The van der Waals surface area contributed by atoms with Crippen molar-refractivity contribution in [3.8, 4) is 5.75 Å². The average molecular weight is 313 g/mol. The van der Waals surface area contributed by atoms with E-state index in [-0.39, 0.29) is 0 Å². The lowest BCUT2D eigenvalue weighted by Crippen LogP contribution is -1.93. The maximum absolute atomic E-state index is 6.24. The Balaban J connectivity index is 2.40. The molecule has 88 valence electrons. The van der Waals surface area contributed by atoms with E-state index in [0.29, 0.717) is 5.15 Å². The Morgan fingerprint density at radius 2 is 2.12 bits per heavy atom. The van der Waals surface area contributed by atoms with E-state index in [2.05, 4.69) is 27.0 Å². The van der Waals surface area contributed by atoms with Crippen LogP contribution in [0, 0.1) is 0 Å². The van der Waals surface area contributed by atoms with Gasteiger partial charge in [0.25, 0.3) is 0 Å². The Morgan fingerprint density at radius 1 is 1.29 bits per heavy atom. The number of halogens is 2. The van der Waals surface area contributed by atoms with Gasteiger partial charge in [0.1, 0.15) is 10.9 Å². The summed E-state index contributed by atoms with van der Waals surface area (Å²) < 4.78 is 6.25. The van der Waals surface area contributed by atoms with Crippen LogP contribution < -0.4 is 4.74 Å². The molecule has 17 heavy (non-hydrogen) atoms. The summed E-state index contributed by atoms with van der Waals surface area (Å²) in [6, 6.07) is 4.04. The van der Waals surface area contributed by atoms with Gasteiger partial charge in [0.2, 0.25) is 0 Å². The molecule has 4 heteroatoms. The lowest BCUT2D eigenvalue weighted by Gasteiger charge is -2.10. The number of fused-ring (bicyclic) bond motifs is 3. The lowest BCUT2D eigenvalue weighted by molar-refractivity contribution is 0.413. The first-order valence-electron chi connectivity index (χ1n) is 5.55. The number of benzene rings is 1. The van der Waals surface area contributed by atoms with Crippen molar-refractivity contribution in [2.24, 2.45) is 0 Å². The molecule has 1 aliphatic rings. The van der Waals surface area contributed by atoms with Crippen molar-refractivity contribution in [1.29, 1.82) is 0 Å². The van der Waals surface area contributed by atoms with Gasteiger partial charge in [-0.15, -0.1) is 0 Å². The molecule has 0 bridgehead atoms. The van der Waals surface area contributed by atoms with Gasteiger partial charge in [-0.1, -0.05) is 11.6 Å². The van der Waals surface area contributed by atoms with Gasteiger partial charge in [0.15, 0.2) is 0 Å². The van der Waals surface area contributed by atoms with Crippen molar-refractivity contribution in [3.63, 3.8) is 0 Å². The van der Waals surface area contributed by atoms with Crippen LogP contribution in [-0.2, 0) is 12.8 Å². The molecular formula is C13H11BrClNO. The molecule has 1 heterocycles. The predicted molar refractivity (Wildman–Crippen MR) is 73.0 cm³/mol. The minimum Gasteiger partial charge on any atom is -0.496 e. The largest absolute Gasteiger partial charge is 0.496 e. The molecule has 0 saturated carbocycles. The zero-order chi connectivity index (χ0) is 12.0. The van der Waals surface area contributed by atoms with Crippen LogP contribution in [0.15, 0.2) is 16.6 Å². The Labute approximate surface area is 113 Å². The van der Waals surface area contributed by atoms with Gasteiger partial charge in [-0.05, 0) is 58.3 Å². The number of aromatic nitrogens is 1. The zero-order valence-electron chi connectivity index (χ0n) is 9.39. The SMILES string of the molecule is COc1cc2c3c(nc(Cl)c2cc1Br)CCC3. The third-order valence-corrected chi connectivity index (χ3v) is 4.17. The van der Waals surface area contributed by atoms with E-state index < -0.39 is 0 Å². The number of aryl methyl sites for hydroxylation is 2. The fourth-order valence-electron chi connectivity index (χ4n) is 2.45. The number of rotatable bonds is 1. The normalized spacial score (nSPS) is 14.1. The van der Waals surface area contributed by atoms with E-state index in [1.54, 1.807) is 7.11 Å². The van der Waals surface area contributed by atoms with Gasteiger partial charge < -0.3 is 4.74 Å². The molecule has 0 fully saturated rings. The smallest absolute Gasteiger partial charge is 0.137 e. The monoisotopic (exact) mass is 311 g/mol. The summed E-state index contributed by atoms with van der Waals surface area (Å²) in [5.74, 6) is 0.842. The molecule has 0 atom stereocenters. The Kier molecular flexibility index (Phi) is 2.75. The molecule has 1 aromatic carbocycles. The highest BCUT2D eigenvalue weighted by atomic mass is 79.9.